The second-order valence-electron chi connectivity index (χ2n) is 9.24. The summed E-state index contributed by atoms with van der Waals surface area (Å²) in [6.45, 7) is 7.13. The molecule has 2 aromatic carbocycles. The molecule has 0 aliphatic carbocycles. The third-order valence-corrected chi connectivity index (χ3v) is 7.69. The first kappa shape index (κ1) is 20.5. The number of nitrogens with zero attached hydrogens (tertiary/aromatic N) is 2. The predicted octanol–water partition coefficient (Wildman–Crippen LogP) is 3.82. The van der Waals surface area contributed by atoms with Crippen LogP contribution in [0.25, 0.3) is 0 Å². The fraction of sp³-hybridized carbons (Fsp3) is 0.500. The highest BCUT2D eigenvalue weighted by molar-refractivity contribution is 5.90. The average Bonchev–Trinajstić information content (AvgIpc) is 3.41. The topological polar surface area (TPSA) is 53.0 Å². The van der Waals surface area contributed by atoms with Crippen molar-refractivity contribution >= 4 is 5.91 Å². The van der Waals surface area contributed by atoms with Crippen LogP contribution in [0.2, 0.25) is 0 Å². The molecule has 3 saturated heterocycles. The Bertz CT molecular complexity index is 990. The van der Waals surface area contributed by atoms with E-state index < -0.39 is 0 Å². The summed E-state index contributed by atoms with van der Waals surface area (Å²) in [5.74, 6) is 1.43. The molecule has 5 rings (SSSR count). The maximum Gasteiger partial charge on any atom is 0.243 e. The monoisotopic (exact) mass is 420 g/mol. The molecule has 5 heteroatoms. The van der Waals surface area contributed by atoms with Gasteiger partial charge in [0.15, 0.2) is 0 Å². The molecule has 1 spiro atoms. The summed E-state index contributed by atoms with van der Waals surface area (Å²) in [5, 5.41) is 9.84. The summed E-state index contributed by atoms with van der Waals surface area (Å²) < 4.78 is 5.67. The zero-order valence-corrected chi connectivity index (χ0v) is 18.5. The van der Waals surface area contributed by atoms with Gasteiger partial charge in [-0.1, -0.05) is 30.3 Å². The van der Waals surface area contributed by atoms with E-state index in [1.54, 1.807) is 0 Å². The van der Waals surface area contributed by atoms with E-state index in [2.05, 4.69) is 53.1 Å². The molecule has 0 radical (unpaired) electrons. The Kier molecular flexibility index (Phi) is 5.27. The number of rotatable bonds is 6. The first-order valence-corrected chi connectivity index (χ1v) is 11.6. The molecule has 2 aromatic rings. The molecule has 0 aromatic heterocycles. The van der Waals surface area contributed by atoms with Gasteiger partial charge in [0.25, 0.3) is 0 Å². The van der Waals surface area contributed by atoms with Crippen molar-refractivity contribution < 1.29 is 14.6 Å². The third-order valence-electron chi connectivity index (χ3n) is 7.69. The fourth-order valence-electron chi connectivity index (χ4n) is 6.25. The smallest absolute Gasteiger partial charge is 0.243 e. The molecule has 3 atom stereocenters. The number of carbonyl (C=O) groups is 1. The number of hydrogen-bond donors (Lipinski definition) is 1. The van der Waals surface area contributed by atoms with E-state index in [0.717, 1.165) is 43.7 Å². The van der Waals surface area contributed by atoms with E-state index in [1.807, 2.05) is 13.0 Å². The highest BCUT2D eigenvalue weighted by Crippen LogP contribution is 2.56. The maximum atomic E-state index is 13.8. The highest BCUT2D eigenvalue weighted by Gasteiger charge is 2.65. The molecule has 164 valence electrons. The molecule has 3 aliphatic heterocycles. The van der Waals surface area contributed by atoms with Gasteiger partial charge in [-0.05, 0) is 68.5 Å². The summed E-state index contributed by atoms with van der Waals surface area (Å²) in [5.41, 5.74) is 4.17. The molecule has 3 aliphatic rings. The minimum atomic E-state index is -0.342. The number of ether oxygens (including phenoxy) is 1. The van der Waals surface area contributed by atoms with Crippen LogP contribution < -0.4 is 4.74 Å². The van der Waals surface area contributed by atoms with Crippen molar-refractivity contribution in [3.05, 3.63) is 64.7 Å². The zero-order valence-electron chi connectivity index (χ0n) is 18.5. The number of aliphatic hydroxyl groups excluding tert-OH is 1. The number of amides is 1. The Hall–Kier alpha value is -2.37. The molecule has 3 heterocycles. The number of likely N-dealkylation sites (tertiary alicyclic amines) is 1. The van der Waals surface area contributed by atoms with E-state index in [4.69, 9.17) is 4.74 Å². The van der Waals surface area contributed by atoms with E-state index >= 15 is 0 Å². The molecule has 3 fully saturated rings. The molecule has 31 heavy (non-hydrogen) atoms. The predicted molar refractivity (Wildman–Crippen MR) is 120 cm³/mol. The molecule has 1 N–H and O–H groups in total. The third kappa shape index (κ3) is 3.17. The van der Waals surface area contributed by atoms with Gasteiger partial charge in [-0.15, -0.1) is 0 Å². The summed E-state index contributed by atoms with van der Waals surface area (Å²) in [6, 6.07) is 14.8. The van der Waals surface area contributed by atoms with Gasteiger partial charge in [-0.3, -0.25) is 9.69 Å². The van der Waals surface area contributed by atoms with Crippen molar-refractivity contribution in [3.8, 4) is 5.75 Å². The number of aryl methyl sites for hydroxylation is 1. The largest absolute Gasteiger partial charge is 0.494 e. The lowest BCUT2D eigenvalue weighted by Gasteiger charge is -2.34. The summed E-state index contributed by atoms with van der Waals surface area (Å²) in [7, 11) is 0. The second kappa shape index (κ2) is 7.95. The van der Waals surface area contributed by atoms with Crippen molar-refractivity contribution in [2.75, 3.05) is 19.7 Å². The summed E-state index contributed by atoms with van der Waals surface area (Å²) >= 11 is 0. The molecule has 0 unspecified atom stereocenters. The lowest BCUT2D eigenvalue weighted by molar-refractivity contribution is -0.137. The van der Waals surface area contributed by atoms with Crippen LogP contribution in [0.5, 0.6) is 5.75 Å². The molecule has 1 amide bonds. The van der Waals surface area contributed by atoms with Crippen molar-refractivity contribution in [3.63, 3.8) is 0 Å². The molecule has 0 bridgehead atoms. The van der Waals surface area contributed by atoms with E-state index in [1.165, 1.54) is 16.7 Å². The zero-order chi connectivity index (χ0) is 21.6. The van der Waals surface area contributed by atoms with Crippen LogP contribution in [-0.4, -0.2) is 46.0 Å². The minimum absolute atomic E-state index is 0.0341. The lowest BCUT2D eigenvalue weighted by Crippen LogP contribution is -2.49. The molecular weight excluding hydrogens is 388 g/mol. The summed E-state index contributed by atoms with van der Waals surface area (Å²) in [4.78, 5) is 18.3. The van der Waals surface area contributed by atoms with E-state index in [9.17, 15) is 9.90 Å². The maximum absolute atomic E-state index is 13.8. The number of carbonyl (C=O) groups excluding carboxylic acids is 1. The van der Waals surface area contributed by atoms with Crippen LogP contribution in [0.15, 0.2) is 42.5 Å². The van der Waals surface area contributed by atoms with Crippen LogP contribution >= 0.6 is 0 Å². The van der Waals surface area contributed by atoms with Gasteiger partial charge >= 0.3 is 0 Å². The van der Waals surface area contributed by atoms with E-state index in [0.29, 0.717) is 25.0 Å². The van der Waals surface area contributed by atoms with Gasteiger partial charge in [0.1, 0.15) is 11.3 Å². The van der Waals surface area contributed by atoms with Gasteiger partial charge in [0.05, 0.1) is 13.2 Å². The van der Waals surface area contributed by atoms with Crippen molar-refractivity contribution in [1.82, 2.24) is 9.80 Å². The Balaban J connectivity index is 1.41. The van der Waals surface area contributed by atoms with Crippen LogP contribution in [-0.2, 0) is 17.9 Å². The van der Waals surface area contributed by atoms with E-state index in [-0.39, 0.29) is 18.2 Å². The van der Waals surface area contributed by atoms with Gasteiger partial charge in [0.2, 0.25) is 5.91 Å². The van der Waals surface area contributed by atoms with Crippen LogP contribution in [0.1, 0.15) is 54.5 Å². The second-order valence-corrected chi connectivity index (χ2v) is 9.24. The highest BCUT2D eigenvalue weighted by atomic mass is 16.5. The summed E-state index contributed by atoms with van der Waals surface area (Å²) in [6.07, 6.45) is 3.02. The SMILES string of the molecule is CCOc1ccc([C@@H]2C[C@H]3CN(Cc4ccccc4C)C(=O)[C@]34CCCN24)cc1CO. The standard InChI is InChI=1S/C26H32N2O3/c1-3-31-24-10-9-19(13-21(24)17-29)23-14-22-16-27(15-20-8-5-4-7-18(20)2)25(30)26(22)11-6-12-28(23)26/h4-5,7-10,13,22-23,29H,3,6,11-12,14-17H2,1-2H3/t22-,23-,26-/m0/s1. The van der Waals surface area contributed by atoms with Gasteiger partial charge in [0, 0.05) is 30.6 Å². The Morgan fingerprint density at radius 2 is 2.03 bits per heavy atom. The molecule has 0 saturated carbocycles. The fourth-order valence-corrected chi connectivity index (χ4v) is 6.25. The van der Waals surface area contributed by atoms with Gasteiger partial charge < -0.3 is 14.7 Å². The van der Waals surface area contributed by atoms with Crippen LogP contribution in [0.4, 0.5) is 0 Å². The van der Waals surface area contributed by atoms with Gasteiger partial charge in [-0.25, -0.2) is 0 Å². The Morgan fingerprint density at radius 3 is 2.81 bits per heavy atom. The van der Waals surface area contributed by atoms with Crippen LogP contribution in [0, 0.1) is 12.8 Å². The lowest BCUT2D eigenvalue weighted by atomic mass is 9.85. The van der Waals surface area contributed by atoms with Crippen molar-refractivity contribution in [2.24, 2.45) is 5.92 Å². The van der Waals surface area contributed by atoms with Crippen molar-refractivity contribution in [1.29, 1.82) is 0 Å². The minimum Gasteiger partial charge on any atom is -0.494 e. The quantitative estimate of drug-likeness (QED) is 0.772. The number of benzene rings is 2. The normalized spacial score (nSPS) is 27.6. The number of aliphatic hydroxyl groups is 1. The first-order valence-electron chi connectivity index (χ1n) is 11.6. The molecule has 5 nitrogen and oxygen atoms in total. The average molecular weight is 421 g/mol. The van der Waals surface area contributed by atoms with Gasteiger partial charge in [-0.2, -0.15) is 0 Å². The molecular formula is C26H32N2O3. The number of hydrogen-bond acceptors (Lipinski definition) is 4. The Labute approximate surface area is 184 Å². The van der Waals surface area contributed by atoms with Crippen LogP contribution in [0.3, 0.4) is 0 Å². The Morgan fingerprint density at radius 1 is 1.19 bits per heavy atom. The van der Waals surface area contributed by atoms with Crippen molar-refractivity contribution in [2.45, 2.75) is 57.8 Å². The first-order chi connectivity index (χ1) is 15.1.